The predicted molar refractivity (Wildman–Crippen MR) is 34.2 cm³/mol. The van der Waals surface area contributed by atoms with Crippen LogP contribution in [0, 0.1) is 0 Å². The van der Waals surface area contributed by atoms with Gasteiger partial charge >= 0.3 is 11.9 Å². The van der Waals surface area contributed by atoms with Crippen molar-refractivity contribution in [1.29, 1.82) is 0 Å². The minimum atomic E-state index is -0.793. The van der Waals surface area contributed by atoms with Gasteiger partial charge in [-0.1, -0.05) is 0 Å². The van der Waals surface area contributed by atoms with E-state index in [-0.39, 0.29) is 6.42 Å². The van der Waals surface area contributed by atoms with Gasteiger partial charge in [0.1, 0.15) is 0 Å². The molecule has 1 atom stereocenters. The van der Waals surface area contributed by atoms with Gasteiger partial charge in [-0.15, -0.1) is 0 Å². The Labute approximate surface area is 63.8 Å². The Hall–Kier alpha value is -1.10. The third kappa shape index (κ3) is 6.79. The highest BCUT2D eigenvalue weighted by molar-refractivity contribution is 5.71. The molecule has 0 bridgehead atoms. The number of aliphatic hydroxyl groups excluding tert-OH is 1. The second kappa shape index (κ2) is 4.68. The maximum absolute atomic E-state index is 10.5. The summed E-state index contributed by atoms with van der Waals surface area (Å²) in [5, 5.41) is 8.65. The molecule has 1 unspecified atom stereocenters. The van der Waals surface area contributed by atoms with Crippen LogP contribution in [0.2, 0.25) is 0 Å². The zero-order chi connectivity index (χ0) is 8.85. The summed E-state index contributed by atoms with van der Waals surface area (Å²) in [5.74, 6) is -1.47. The molecule has 0 aromatic carbocycles. The molecule has 0 amide bonds. The van der Waals surface area contributed by atoms with Crippen LogP contribution in [0.3, 0.4) is 0 Å². The van der Waals surface area contributed by atoms with Crippen LogP contribution in [0.15, 0.2) is 0 Å². The Morgan fingerprint density at radius 3 is 2.36 bits per heavy atom. The van der Waals surface area contributed by atoms with Crippen LogP contribution in [0.1, 0.15) is 20.3 Å². The Morgan fingerprint density at radius 1 is 1.45 bits per heavy atom. The van der Waals surface area contributed by atoms with Crippen molar-refractivity contribution >= 4 is 11.9 Å². The topological polar surface area (TPSA) is 72.8 Å². The van der Waals surface area contributed by atoms with Gasteiger partial charge in [-0.3, -0.25) is 0 Å². The Balaban J connectivity index is 3.45. The van der Waals surface area contributed by atoms with Crippen molar-refractivity contribution in [2.24, 2.45) is 0 Å². The van der Waals surface area contributed by atoms with E-state index in [1.54, 1.807) is 0 Å². The number of carbonyl (C=O) groups excluding carboxylic acids is 2. The van der Waals surface area contributed by atoms with Crippen LogP contribution in [-0.4, -0.2) is 23.1 Å². The summed E-state index contributed by atoms with van der Waals surface area (Å²) in [6.45, 7) is 2.53. The number of rotatable bonds is 2. The molecule has 0 aliphatic heterocycles. The van der Waals surface area contributed by atoms with Gasteiger partial charge in [0.05, 0.1) is 12.5 Å². The van der Waals surface area contributed by atoms with Gasteiger partial charge < -0.3 is 5.11 Å². The number of aliphatic hydroxyl groups is 1. The number of hydrogen-bond acceptors (Lipinski definition) is 5. The SMILES string of the molecule is CC(=O)OOC(=O)CC(C)O. The molecule has 0 fully saturated rings. The standard InChI is InChI=1S/C6H10O5/c1-4(7)3-6(9)11-10-5(2)8/h4,7H,3H2,1-2H3. The second-order valence-electron chi connectivity index (χ2n) is 2.08. The summed E-state index contributed by atoms with van der Waals surface area (Å²) in [6, 6.07) is 0. The van der Waals surface area contributed by atoms with E-state index in [2.05, 4.69) is 9.78 Å². The average molecular weight is 162 g/mol. The van der Waals surface area contributed by atoms with Gasteiger partial charge in [-0.2, -0.15) is 0 Å². The van der Waals surface area contributed by atoms with Crippen molar-refractivity contribution in [3.8, 4) is 0 Å². The lowest BCUT2D eigenvalue weighted by molar-refractivity contribution is -0.258. The van der Waals surface area contributed by atoms with Gasteiger partial charge in [0, 0.05) is 6.92 Å². The molecule has 64 valence electrons. The maximum Gasteiger partial charge on any atom is 0.358 e. The molecule has 0 spiro atoms. The Morgan fingerprint density at radius 2 is 2.00 bits per heavy atom. The summed E-state index contributed by atoms with van der Waals surface area (Å²) in [5.41, 5.74) is 0. The third-order valence-electron chi connectivity index (χ3n) is 0.714. The van der Waals surface area contributed by atoms with Crippen LogP contribution < -0.4 is 0 Å². The molecule has 0 radical (unpaired) electrons. The zero-order valence-corrected chi connectivity index (χ0v) is 6.36. The Kier molecular flexibility index (Phi) is 4.21. The summed E-state index contributed by atoms with van der Waals surface area (Å²) in [4.78, 5) is 28.4. The normalized spacial score (nSPS) is 11.9. The lowest BCUT2D eigenvalue weighted by Gasteiger charge is -2.01. The minimum absolute atomic E-state index is 0.187. The molecule has 5 heteroatoms. The van der Waals surface area contributed by atoms with Gasteiger partial charge in [-0.25, -0.2) is 19.4 Å². The molecule has 0 saturated heterocycles. The van der Waals surface area contributed by atoms with Crippen molar-refractivity contribution < 1.29 is 24.5 Å². The molecule has 0 aliphatic rings. The van der Waals surface area contributed by atoms with Crippen molar-refractivity contribution in [3.05, 3.63) is 0 Å². The molecule has 11 heavy (non-hydrogen) atoms. The first-order valence-electron chi connectivity index (χ1n) is 3.08. The summed E-state index contributed by atoms with van der Waals surface area (Å²) < 4.78 is 0. The smallest absolute Gasteiger partial charge is 0.358 e. The molecule has 0 aromatic heterocycles. The van der Waals surface area contributed by atoms with Crippen LogP contribution in [0.25, 0.3) is 0 Å². The molecule has 0 saturated carbocycles. The summed E-state index contributed by atoms with van der Waals surface area (Å²) >= 11 is 0. The Bertz CT molecular complexity index is 151. The lowest BCUT2D eigenvalue weighted by Crippen LogP contribution is -2.14. The van der Waals surface area contributed by atoms with E-state index in [1.165, 1.54) is 6.92 Å². The van der Waals surface area contributed by atoms with Crippen molar-refractivity contribution in [2.75, 3.05) is 0 Å². The van der Waals surface area contributed by atoms with Gasteiger partial charge in [0.2, 0.25) is 0 Å². The van der Waals surface area contributed by atoms with E-state index in [9.17, 15) is 9.59 Å². The van der Waals surface area contributed by atoms with E-state index in [0.717, 1.165) is 6.92 Å². The monoisotopic (exact) mass is 162 g/mol. The highest BCUT2D eigenvalue weighted by Crippen LogP contribution is 1.93. The predicted octanol–water partition coefficient (Wildman–Crippen LogP) is -0.221. The first-order chi connectivity index (χ1) is 5.02. The molecule has 0 heterocycles. The largest absolute Gasteiger partial charge is 0.393 e. The van der Waals surface area contributed by atoms with Crippen LogP contribution >= 0.6 is 0 Å². The van der Waals surface area contributed by atoms with Crippen molar-refractivity contribution in [2.45, 2.75) is 26.4 Å². The zero-order valence-electron chi connectivity index (χ0n) is 6.36. The molecular weight excluding hydrogens is 152 g/mol. The van der Waals surface area contributed by atoms with Crippen molar-refractivity contribution in [3.63, 3.8) is 0 Å². The highest BCUT2D eigenvalue weighted by Gasteiger charge is 2.09. The molecule has 0 aromatic rings. The van der Waals surface area contributed by atoms with Crippen LogP contribution in [0.5, 0.6) is 0 Å². The highest BCUT2D eigenvalue weighted by atomic mass is 17.2. The fourth-order valence-electron chi connectivity index (χ4n) is 0.380. The van der Waals surface area contributed by atoms with E-state index < -0.39 is 18.0 Å². The number of hydrogen-bond donors (Lipinski definition) is 1. The fraction of sp³-hybridized carbons (Fsp3) is 0.667. The molecule has 5 nitrogen and oxygen atoms in total. The van der Waals surface area contributed by atoms with Crippen molar-refractivity contribution in [1.82, 2.24) is 0 Å². The molecular formula is C6H10O5. The minimum Gasteiger partial charge on any atom is -0.393 e. The van der Waals surface area contributed by atoms with Gasteiger partial charge in [0.25, 0.3) is 0 Å². The van der Waals surface area contributed by atoms with E-state index in [0.29, 0.717) is 0 Å². The average Bonchev–Trinajstić information content (AvgIpc) is 1.82. The third-order valence-corrected chi connectivity index (χ3v) is 0.714. The van der Waals surface area contributed by atoms with E-state index >= 15 is 0 Å². The lowest BCUT2D eigenvalue weighted by atomic mass is 10.3. The molecule has 1 N–H and O–H groups in total. The maximum atomic E-state index is 10.5. The molecule has 0 aliphatic carbocycles. The number of carbonyl (C=O) groups is 2. The summed E-state index contributed by atoms with van der Waals surface area (Å²) in [7, 11) is 0. The second-order valence-corrected chi connectivity index (χ2v) is 2.08. The quantitative estimate of drug-likeness (QED) is 0.448. The first-order valence-corrected chi connectivity index (χ1v) is 3.08. The first kappa shape index (κ1) is 9.90. The van der Waals surface area contributed by atoms with Crippen LogP contribution in [-0.2, 0) is 19.4 Å². The van der Waals surface area contributed by atoms with E-state index in [4.69, 9.17) is 5.11 Å². The van der Waals surface area contributed by atoms with E-state index in [1.807, 2.05) is 0 Å². The van der Waals surface area contributed by atoms with Crippen LogP contribution in [0.4, 0.5) is 0 Å². The van der Waals surface area contributed by atoms with Gasteiger partial charge in [-0.05, 0) is 6.92 Å². The molecule has 0 rings (SSSR count). The summed E-state index contributed by atoms with van der Waals surface area (Å²) in [6.07, 6.45) is -0.981. The van der Waals surface area contributed by atoms with Gasteiger partial charge in [0.15, 0.2) is 0 Å². The fourth-order valence-corrected chi connectivity index (χ4v) is 0.380.